The first-order valence-electron chi connectivity index (χ1n) is 6.69. The van der Waals surface area contributed by atoms with Gasteiger partial charge in [0.2, 0.25) is 0 Å². The Morgan fingerprint density at radius 3 is 2.21 bits per heavy atom. The number of halogens is 1. The largest absolute Gasteiger partial charge is 0.537 e. The van der Waals surface area contributed by atoms with Crippen molar-refractivity contribution in [3.05, 3.63) is 29.3 Å². The third kappa shape index (κ3) is 3.02. The van der Waals surface area contributed by atoms with Gasteiger partial charge in [-0.3, -0.25) is 4.90 Å². The highest BCUT2D eigenvalue weighted by atomic mass is 35.5. The van der Waals surface area contributed by atoms with Crippen LogP contribution in [0.5, 0.6) is 0 Å². The molecule has 0 unspecified atom stereocenters. The Labute approximate surface area is 119 Å². The van der Waals surface area contributed by atoms with Gasteiger partial charge in [-0.2, -0.15) is 0 Å². The zero-order valence-corrected chi connectivity index (χ0v) is 12.6. The van der Waals surface area contributed by atoms with E-state index in [1.54, 1.807) is 0 Å². The van der Waals surface area contributed by atoms with E-state index < -0.39 is 8.80 Å². The average molecular weight is 300 g/mol. The van der Waals surface area contributed by atoms with Gasteiger partial charge in [0.1, 0.15) is 0 Å². The molecule has 19 heavy (non-hydrogen) atoms. The highest BCUT2D eigenvalue weighted by molar-refractivity contribution is 6.75. The number of benzene rings is 1. The third-order valence-corrected chi connectivity index (χ3v) is 6.55. The molecule has 104 valence electrons. The molecule has 0 amide bonds. The molecule has 2 bridgehead atoms. The number of rotatable bonds is 1. The van der Waals surface area contributed by atoms with Crippen LogP contribution in [-0.2, 0) is 13.3 Å². The maximum Gasteiger partial charge on any atom is 0.537 e. The lowest BCUT2D eigenvalue weighted by Gasteiger charge is -2.32. The molecule has 4 nitrogen and oxygen atoms in total. The van der Waals surface area contributed by atoms with Crippen LogP contribution in [0.2, 0.25) is 5.02 Å². The first-order chi connectivity index (χ1) is 9.28. The molecule has 3 aliphatic heterocycles. The number of nitrogens with zero attached hydrogens (tertiary/aromatic N) is 1. The van der Waals surface area contributed by atoms with Crippen molar-refractivity contribution in [3.8, 4) is 0 Å². The summed E-state index contributed by atoms with van der Waals surface area (Å²) in [5.41, 5.74) is 0. The monoisotopic (exact) mass is 299 g/mol. The van der Waals surface area contributed by atoms with Crippen molar-refractivity contribution in [2.45, 2.75) is 6.42 Å². The Balaban J connectivity index is 1.91. The van der Waals surface area contributed by atoms with Crippen LogP contribution in [0.25, 0.3) is 0 Å². The van der Waals surface area contributed by atoms with E-state index in [9.17, 15) is 0 Å². The van der Waals surface area contributed by atoms with E-state index in [-0.39, 0.29) is 0 Å². The lowest BCUT2D eigenvalue weighted by Crippen LogP contribution is -2.58. The smallest absolute Gasteiger partial charge is 0.370 e. The molecular weight excluding hydrogens is 282 g/mol. The van der Waals surface area contributed by atoms with Gasteiger partial charge in [-0.1, -0.05) is 23.7 Å². The summed E-state index contributed by atoms with van der Waals surface area (Å²) in [5.74, 6) is 0. The lowest BCUT2D eigenvalue weighted by molar-refractivity contribution is 0.0533. The first kappa shape index (κ1) is 13.5. The van der Waals surface area contributed by atoms with Crippen LogP contribution in [0.15, 0.2) is 24.3 Å². The van der Waals surface area contributed by atoms with Crippen LogP contribution in [0.4, 0.5) is 0 Å². The second-order valence-corrected chi connectivity index (χ2v) is 7.80. The number of hydrogen-bond acceptors (Lipinski definition) is 4. The minimum atomic E-state index is -2.74. The predicted octanol–water partition coefficient (Wildman–Crippen LogP) is 1.25. The minimum Gasteiger partial charge on any atom is -0.370 e. The van der Waals surface area contributed by atoms with Crippen molar-refractivity contribution in [2.75, 3.05) is 39.5 Å². The van der Waals surface area contributed by atoms with Gasteiger partial charge in [0, 0.05) is 36.5 Å². The van der Waals surface area contributed by atoms with Gasteiger partial charge < -0.3 is 13.3 Å². The number of hydrogen-bond donors (Lipinski definition) is 0. The van der Waals surface area contributed by atoms with Crippen LogP contribution in [0.1, 0.15) is 6.42 Å². The minimum absolute atomic E-state index is 0.662. The van der Waals surface area contributed by atoms with Crippen LogP contribution >= 0.6 is 11.6 Å². The van der Waals surface area contributed by atoms with Crippen LogP contribution in [0, 0.1) is 0 Å². The molecule has 1 aromatic rings. The Kier molecular flexibility index (Phi) is 4.21. The van der Waals surface area contributed by atoms with E-state index in [1.807, 2.05) is 24.3 Å². The predicted molar refractivity (Wildman–Crippen MR) is 75.8 cm³/mol. The average Bonchev–Trinajstić information content (AvgIpc) is 2.55. The maximum absolute atomic E-state index is 6.07. The van der Waals surface area contributed by atoms with Gasteiger partial charge >= 0.3 is 8.80 Å². The van der Waals surface area contributed by atoms with Crippen LogP contribution in [-0.4, -0.2) is 53.2 Å². The molecule has 3 aliphatic rings. The number of fused-ring (bicyclic) bond motifs is 7. The molecule has 0 N–H and O–H groups in total. The maximum atomic E-state index is 6.07. The van der Waals surface area contributed by atoms with Gasteiger partial charge in [0.05, 0.1) is 13.2 Å². The molecule has 3 saturated heterocycles. The van der Waals surface area contributed by atoms with E-state index in [2.05, 4.69) is 4.90 Å². The summed E-state index contributed by atoms with van der Waals surface area (Å²) in [6.07, 6.45) is 1.02. The van der Waals surface area contributed by atoms with E-state index >= 15 is 0 Å². The van der Waals surface area contributed by atoms with Crippen LogP contribution in [0.3, 0.4) is 0 Å². The van der Waals surface area contributed by atoms with Crippen molar-refractivity contribution in [1.82, 2.24) is 4.90 Å². The molecule has 3 fully saturated rings. The van der Waals surface area contributed by atoms with E-state index in [1.165, 1.54) is 0 Å². The Bertz CT molecular complexity index is 413. The molecule has 0 aliphatic carbocycles. The summed E-state index contributed by atoms with van der Waals surface area (Å²) in [4.78, 5) is 2.37. The summed E-state index contributed by atoms with van der Waals surface area (Å²) in [5, 5.41) is 1.72. The lowest BCUT2D eigenvalue weighted by atomic mass is 10.4. The van der Waals surface area contributed by atoms with Crippen LogP contribution < -0.4 is 5.19 Å². The Morgan fingerprint density at radius 2 is 1.53 bits per heavy atom. The molecular formula is C13H18ClNO3Si. The van der Waals surface area contributed by atoms with Gasteiger partial charge in [-0.25, -0.2) is 0 Å². The summed E-state index contributed by atoms with van der Waals surface area (Å²) >= 11 is 5.95. The standard InChI is InChI=1S/C13H18ClNO3Si/c14-12-2-4-13(5-3-12)19-16-9-1-6-15(7-10-17-19)8-11-18-19/h2-5H,1,6-11H2. The van der Waals surface area contributed by atoms with E-state index in [4.69, 9.17) is 24.9 Å². The molecule has 1 aromatic carbocycles. The molecule has 0 aromatic heterocycles. The van der Waals surface area contributed by atoms with Gasteiger partial charge in [-0.15, -0.1) is 0 Å². The molecule has 6 heteroatoms. The second-order valence-electron chi connectivity index (χ2n) is 4.80. The summed E-state index contributed by atoms with van der Waals surface area (Å²) in [6, 6.07) is 7.66. The quantitative estimate of drug-likeness (QED) is 0.731. The first-order valence-corrected chi connectivity index (χ1v) is 8.79. The fourth-order valence-corrected chi connectivity index (χ4v) is 5.06. The molecule has 0 spiro atoms. The molecule has 4 rings (SSSR count). The van der Waals surface area contributed by atoms with Gasteiger partial charge in [0.25, 0.3) is 0 Å². The van der Waals surface area contributed by atoms with Crippen molar-refractivity contribution < 1.29 is 13.3 Å². The fourth-order valence-electron chi connectivity index (χ4n) is 2.48. The van der Waals surface area contributed by atoms with Gasteiger partial charge in [-0.05, 0) is 18.6 Å². The molecule has 0 saturated carbocycles. The summed E-state index contributed by atoms with van der Waals surface area (Å²) in [7, 11) is -2.74. The summed E-state index contributed by atoms with van der Waals surface area (Å²) in [6.45, 7) is 4.97. The van der Waals surface area contributed by atoms with Crippen molar-refractivity contribution in [2.24, 2.45) is 0 Å². The van der Waals surface area contributed by atoms with E-state index in [0.29, 0.717) is 24.8 Å². The van der Waals surface area contributed by atoms with Gasteiger partial charge in [0.15, 0.2) is 0 Å². The Hall–Kier alpha value is -0.433. The van der Waals surface area contributed by atoms with Crippen molar-refractivity contribution in [3.63, 3.8) is 0 Å². The molecule has 0 atom stereocenters. The third-order valence-electron chi connectivity index (χ3n) is 3.51. The topological polar surface area (TPSA) is 30.9 Å². The Morgan fingerprint density at radius 1 is 0.895 bits per heavy atom. The zero-order chi connectivity index (χ0) is 13.1. The SMILES string of the molecule is Clc1ccc([Si]23OCCCN(CCO2)CCO3)cc1. The highest BCUT2D eigenvalue weighted by Gasteiger charge is 2.45. The van der Waals surface area contributed by atoms with Crippen molar-refractivity contribution >= 4 is 25.6 Å². The second kappa shape index (κ2) is 5.91. The zero-order valence-electron chi connectivity index (χ0n) is 10.8. The summed E-state index contributed by atoms with van der Waals surface area (Å²) < 4.78 is 18.2. The fraction of sp³-hybridized carbons (Fsp3) is 0.538. The van der Waals surface area contributed by atoms with E-state index in [0.717, 1.165) is 31.2 Å². The highest BCUT2D eigenvalue weighted by Crippen LogP contribution is 2.17. The molecule has 3 heterocycles. The molecule has 0 radical (unpaired) electrons. The normalized spacial score (nSPS) is 32.2. The van der Waals surface area contributed by atoms with Crippen molar-refractivity contribution in [1.29, 1.82) is 0 Å².